The van der Waals surface area contributed by atoms with Crippen LogP contribution in [-0.4, -0.2) is 57.1 Å². The Morgan fingerprint density at radius 3 is 2.57 bits per heavy atom. The summed E-state index contributed by atoms with van der Waals surface area (Å²) >= 11 is 0. The molecule has 1 aliphatic rings. The maximum Gasteiger partial charge on any atom is 0.437 e. The van der Waals surface area contributed by atoms with Crippen LogP contribution in [-0.2, 0) is 16.1 Å². The summed E-state index contributed by atoms with van der Waals surface area (Å²) in [4.78, 5) is 39.3. The number of likely N-dealkylation sites (N-methyl/N-ethyl adjacent to an activating group) is 1. The molecular formula is C13H20N4O4. The number of hydrogen-bond donors (Lipinski definition) is 0. The third-order valence-electron chi connectivity index (χ3n) is 3.66. The van der Waals surface area contributed by atoms with Crippen LogP contribution in [0.2, 0.25) is 0 Å². The summed E-state index contributed by atoms with van der Waals surface area (Å²) in [6.45, 7) is 6.76. The minimum absolute atomic E-state index is 0.0386. The number of nitrogens with zero attached hydrogens (tertiary/aromatic N) is 4. The van der Waals surface area contributed by atoms with Crippen LogP contribution >= 0.6 is 0 Å². The van der Waals surface area contributed by atoms with Crippen LogP contribution < -0.4 is 5.76 Å². The van der Waals surface area contributed by atoms with Crippen LogP contribution in [0.3, 0.4) is 0 Å². The Morgan fingerprint density at radius 2 is 2.05 bits per heavy atom. The van der Waals surface area contributed by atoms with Gasteiger partial charge in [0.15, 0.2) is 0 Å². The lowest BCUT2D eigenvalue weighted by molar-refractivity contribution is -0.151. The molecule has 2 amide bonds. The Labute approximate surface area is 122 Å². The van der Waals surface area contributed by atoms with E-state index in [2.05, 4.69) is 5.10 Å². The van der Waals surface area contributed by atoms with Crippen molar-refractivity contribution in [1.29, 1.82) is 0 Å². The molecule has 1 aromatic rings. The SMILES string of the molecule is CCC1C(=O)N(CC)CCN1C(=O)Cn1nc(C)oc1=O. The monoisotopic (exact) mass is 296 g/mol. The maximum atomic E-state index is 12.4. The first-order chi connectivity index (χ1) is 9.97. The van der Waals surface area contributed by atoms with Gasteiger partial charge in [0.25, 0.3) is 0 Å². The molecule has 1 atom stereocenters. The third kappa shape index (κ3) is 2.98. The Bertz CT molecular complexity index is 591. The minimum Gasteiger partial charge on any atom is -0.393 e. The molecule has 116 valence electrons. The number of rotatable bonds is 4. The van der Waals surface area contributed by atoms with Gasteiger partial charge in [-0.3, -0.25) is 9.59 Å². The summed E-state index contributed by atoms with van der Waals surface area (Å²) in [6, 6.07) is -0.463. The molecule has 0 radical (unpaired) electrons. The van der Waals surface area contributed by atoms with Crippen molar-refractivity contribution in [3.63, 3.8) is 0 Å². The number of piperazine rings is 1. The van der Waals surface area contributed by atoms with Gasteiger partial charge in [0, 0.05) is 26.6 Å². The number of carbonyl (C=O) groups excluding carboxylic acids is 2. The van der Waals surface area contributed by atoms with Gasteiger partial charge in [-0.1, -0.05) is 6.92 Å². The molecule has 0 spiro atoms. The van der Waals surface area contributed by atoms with Gasteiger partial charge >= 0.3 is 5.76 Å². The Morgan fingerprint density at radius 1 is 1.33 bits per heavy atom. The lowest BCUT2D eigenvalue weighted by Crippen LogP contribution is -2.59. The predicted octanol–water partition coefficient (Wildman–Crippen LogP) is -0.386. The van der Waals surface area contributed by atoms with Crippen molar-refractivity contribution in [3.8, 4) is 0 Å². The molecule has 1 aromatic heterocycles. The van der Waals surface area contributed by atoms with Crippen molar-refractivity contribution < 1.29 is 14.0 Å². The Hall–Kier alpha value is -2.12. The molecule has 1 unspecified atom stereocenters. The highest BCUT2D eigenvalue weighted by Crippen LogP contribution is 2.15. The van der Waals surface area contributed by atoms with E-state index in [1.54, 1.807) is 11.8 Å². The minimum atomic E-state index is -0.660. The van der Waals surface area contributed by atoms with E-state index in [1.165, 1.54) is 4.90 Å². The highest BCUT2D eigenvalue weighted by molar-refractivity contribution is 5.88. The van der Waals surface area contributed by atoms with Gasteiger partial charge in [-0.05, 0) is 13.3 Å². The normalized spacial score (nSPS) is 19.2. The van der Waals surface area contributed by atoms with Crippen molar-refractivity contribution in [2.45, 2.75) is 39.8 Å². The zero-order valence-electron chi connectivity index (χ0n) is 12.5. The maximum absolute atomic E-state index is 12.4. The summed E-state index contributed by atoms with van der Waals surface area (Å²) in [6.07, 6.45) is 0.549. The van der Waals surface area contributed by atoms with Crippen LogP contribution in [0.4, 0.5) is 0 Å². The first-order valence-electron chi connectivity index (χ1n) is 7.10. The first-order valence-corrected chi connectivity index (χ1v) is 7.10. The largest absolute Gasteiger partial charge is 0.437 e. The molecule has 1 fully saturated rings. The molecule has 1 aliphatic heterocycles. The van der Waals surface area contributed by atoms with Crippen molar-refractivity contribution >= 4 is 11.8 Å². The van der Waals surface area contributed by atoms with Crippen molar-refractivity contribution in [1.82, 2.24) is 19.6 Å². The van der Waals surface area contributed by atoms with Gasteiger partial charge < -0.3 is 14.2 Å². The smallest absolute Gasteiger partial charge is 0.393 e. The molecule has 0 saturated carbocycles. The van der Waals surface area contributed by atoms with Crippen LogP contribution in [0.15, 0.2) is 9.21 Å². The predicted molar refractivity (Wildman–Crippen MR) is 73.5 cm³/mol. The van der Waals surface area contributed by atoms with Gasteiger partial charge in [-0.25, -0.2) is 4.79 Å². The molecule has 21 heavy (non-hydrogen) atoms. The van der Waals surface area contributed by atoms with E-state index in [0.717, 1.165) is 4.68 Å². The van der Waals surface area contributed by atoms with E-state index in [-0.39, 0.29) is 24.2 Å². The number of carbonyl (C=O) groups is 2. The highest BCUT2D eigenvalue weighted by Gasteiger charge is 2.35. The average Bonchev–Trinajstić information content (AvgIpc) is 2.76. The lowest BCUT2D eigenvalue weighted by Gasteiger charge is -2.39. The molecule has 0 aromatic carbocycles. The van der Waals surface area contributed by atoms with Gasteiger partial charge in [-0.2, -0.15) is 4.68 Å². The van der Waals surface area contributed by atoms with E-state index in [0.29, 0.717) is 26.1 Å². The zero-order chi connectivity index (χ0) is 15.6. The second kappa shape index (κ2) is 6.11. The average molecular weight is 296 g/mol. The molecule has 8 heteroatoms. The summed E-state index contributed by atoms with van der Waals surface area (Å²) in [5.74, 6) is -0.774. The van der Waals surface area contributed by atoms with Gasteiger partial charge in [0.2, 0.25) is 17.7 Å². The van der Waals surface area contributed by atoms with Gasteiger partial charge in [0.1, 0.15) is 12.6 Å². The second-order valence-corrected chi connectivity index (χ2v) is 4.97. The quantitative estimate of drug-likeness (QED) is 0.755. The van der Waals surface area contributed by atoms with Gasteiger partial charge in [0.05, 0.1) is 0 Å². The number of aryl methyl sites for hydroxylation is 1. The highest BCUT2D eigenvalue weighted by atomic mass is 16.4. The Kier molecular flexibility index (Phi) is 4.44. The number of amides is 2. The summed E-state index contributed by atoms with van der Waals surface area (Å²) in [7, 11) is 0. The molecule has 2 heterocycles. The number of hydrogen-bond acceptors (Lipinski definition) is 5. The molecule has 8 nitrogen and oxygen atoms in total. The standard InChI is InChI=1S/C13H20N4O4/c1-4-10-12(19)15(5-2)6-7-16(10)11(18)8-17-13(20)21-9(3)14-17/h10H,4-8H2,1-3H3. The topological polar surface area (TPSA) is 88.7 Å². The molecular weight excluding hydrogens is 276 g/mol. The van der Waals surface area contributed by atoms with Crippen molar-refractivity contribution in [2.75, 3.05) is 19.6 Å². The van der Waals surface area contributed by atoms with Crippen LogP contribution in [0, 0.1) is 6.92 Å². The summed E-state index contributed by atoms with van der Waals surface area (Å²) in [5, 5.41) is 3.84. The number of aromatic nitrogens is 2. The molecule has 0 aliphatic carbocycles. The molecule has 0 N–H and O–H groups in total. The molecule has 2 rings (SSSR count). The third-order valence-corrected chi connectivity index (χ3v) is 3.66. The fraction of sp³-hybridized carbons (Fsp3) is 0.692. The van der Waals surface area contributed by atoms with Crippen LogP contribution in [0.25, 0.3) is 0 Å². The second-order valence-electron chi connectivity index (χ2n) is 4.97. The van der Waals surface area contributed by atoms with E-state index in [1.807, 2.05) is 13.8 Å². The Balaban J connectivity index is 2.13. The van der Waals surface area contributed by atoms with Crippen molar-refractivity contribution in [3.05, 3.63) is 16.4 Å². The van der Waals surface area contributed by atoms with E-state index in [4.69, 9.17) is 4.42 Å². The fourth-order valence-electron chi connectivity index (χ4n) is 2.58. The summed E-state index contributed by atoms with van der Waals surface area (Å²) < 4.78 is 5.75. The summed E-state index contributed by atoms with van der Waals surface area (Å²) in [5.41, 5.74) is 0. The van der Waals surface area contributed by atoms with E-state index < -0.39 is 11.8 Å². The van der Waals surface area contributed by atoms with Crippen LogP contribution in [0.5, 0.6) is 0 Å². The first kappa shape index (κ1) is 15.3. The van der Waals surface area contributed by atoms with Crippen molar-refractivity contribution in [2.24, 2.45) is 0 Å². The van der Waals surface area contributed by atoms with E-state index in [9.17, 15) is 14.4 Å². The fourth-order valence-corrected chi connectivity index (χ4v) is 2.58. The molecule has 0 bridgehead atoms. The van der Waals surface area contributed by atoms with Crippen LogP contribution in [0.1, 0.15) is 26.2 Å². The lowest BCUT2D eigenvalue weighted by atomic mass is 10.1. The zero-order valence-corrected chi connectivity index (χ0v) is 12.5. The molecule has 1 saturated heterocycles. The van der Waals surface area contributed by atoms with E-state index >= 15 is 0 Å². The van der Waals surface area contributed by atoms with Gasteiger partial charge in [-0.15, -0.1) is 5.10 Å².